The number of carbonyl (C=O) groups excluding carboxylic acids is 1. The minimum Gasteiger partial charge on any atom is -0.486 e. The summed E-state index contributed by atoms with van der Waals surface area (Å²) in [5.41, 5.74) is 0. The highest BCUT2D eigenvalue weighted by atomic mass is 32.1. The molecule has 2 heterocycles. The number of thiophene rings is 1. The molecule has 0 amide bonds. The maximum Gasteiger partial charge on any atom is 0.351 e. The second-order valence-electron chi connectivity index (χ2n) is 3.00. The van der Waals surface area contributed by atoms with Crippen molar-refractivity contribution in [3.63, 3.8) is 0 Å². The van der Waals surface area contributed by atoms with E-state index in [1.807, 2.05) is 5.38 Å². The quantitative estimate of drug-likeness (QED) is 0.757. The lowest BCUT2D eigenvalue weighted by Crippen LogP contribution is -2.50. The Kier molecular flexibility index (Phi) is 2.69. The highest BCUT2D eigenvalue weighted by molar-refractivity contribution is 7.12. The molecule has 0 unspecified atom stereocenters. The van der Waals surface area contributed by atoms with Crippen molar-refractivity contribution in [1.82, 2.24) is 5.32 Å². The predicted octanol–water partition coefficient (Wildman–Crippen LogP) is 0.885. The summed E-state index contributed by atoms with van der Waals surface area (Å²) in [6.07, 6.45) is 0.188. The molecule has 1 N–H and O–H groups in total. The largest absolute Gasteiger partial charge is 0.486 e. The Hall–Kier alpha value is -1.07. The molecule has 1 aliphatic heterocycles. The summed E-state index contributed by atoms with van der Waals surface area (Å²) < 4.78 is 10.2. The molecule has 0 radical (unpaired) electrons. The Morgan fingerprint density at radius 2 is 2.43 bits per heavy atom. The third kappa shape index (κ3) is 1.73. The molecule has 4 nitrogen and oxygen atoms in total. The van der Waals surface area contributed by atoms with Crippen molar-refractivity contribution in [2.75, 3.05) is 20.2 Å². The molecule has 0 aliphatic carbocycles. The SMILES string of the molecule is COC(=O)c1sccc1OC1CNC1. The molecule has 0 bridgehead atoms. The van der Waals surface area contributed by atoms with Crippen LogP contribution in [0.5, 0.6) is 5.75 Å². The van der Waals surface area contributed by atoms with Crippen LogP contribution in [0.2, 0.25) is 0 Å². The van der Waals surface area contributed by atoms with E-state index in [1.54, 1.807) is 6.07 Å². The van der Waals surface area contributed by atoms with Gasteiger partial charge in [-0.2, -0.15) is 0 Å². The summed E-state index contributed by atoms with van der Waals surface area (Å²) in [5.74, 6) is 0.302. The summed E-state index contributed by atoms with van der Waals surface area (Å²) in [6, 6.07) is 1.80. The summed E-state index contributed by atoms with van der Waals surface area (Å²) in [4.78, 5) is 11.8. The van der Waals surface area contributed by atoms with Crippen molar-refractivity contribution in [2.45, 2.75) is 6.10 Å². The topological polar surface area (TPSA) is 47.6 Å². The van der Waals surface area contributed by atoms with Crippen molar-refractivity contribution in [3.8, 4) is 5.75 Å². The van der Waals surface area contributed by atoms with E-state index in [1.165, 1.54) is 18.4 Å². The second-order valence-corrected chi connectivity index (χ2v) is 3.92. The molecule has 1 fully saturated rings. The van der Waals surface area contributed by atoms with E-state index in [9.17, 15) is 4.79 Å². The maximum absolute atomic E-state index is 11.3. The van der Waals surface area contributed by atoms with Gasteiger partial charge in [-0.05, 0) is 11.4 Å². The lowest BCUT2D eigenvalue weighted by atomic mass is 10.2. The van der Waals surface area contributed by atoms with Crippen LogP contribution in [0.15, 0.2) is 11.4 Å². The fraction of sp³-hybridized carbons (Fsp3) is 0.444. The van der Waals surface area contributed by atoms with E-state index in [2.05, 4.69) is 10.1 Å². The van der Waals surface area contributed by atoms with Crippen LogP contribution in [-0.2, 0) is 4.74 Å². The van der Waals surface area contributed by atoms with Gasteiger partial charge in [0.15, 0.2) is 4.88 Å². The van der Waals surface area contributed by atoms with Gasteiger partial charge in [0.2, 0.25) is 0 Å². The lowest BCUT2D eigenvalue weighted by molar-refractivity contribution is 0.0596. The van der Waals surface area contributed by atoms with Gasteiger partial charge in [0, 0.05) is 13.1 Å². The van der Waals surface area contributed by atoms with Gasteiger partial charge in [-0.1, -0.05) is 0 Å². The number of rotatable bonds is 3. The van der Waals surface area contributed by atoms with E-state index >= 15 is 0 Å². The molecule has 1 aromatic rings. The Morgan fingerprint density at radius 1 is 1.64 bits per heavy atom. The minimum absolute atomic E-state index is 0.188. The number of hydrogen-bond acceptors (Lipinski definition) is 5. The first kappa shape index (κ1) is 9.48. The zero-order chi connectivity index (χ0) is 9.97. The first-order chi connectivity index (χ1) is 6.81. The van der Waals surface area contributed by atoms with Gasteiger partial charge in [0.25, 0.3) is 0 Å². The maximum atomic E-state index is 11.3. The summed E-state index contributed by atoms with van der Waals surface area (Å²) in [6.45, 7) is 1.69. The number of hydrogen-bond donors (Lipinski definition) is 1. The number of methoxy groups -OCH3 is 1. The van der Waals surface area contributed by atoms with Crippen molar-refractivity contribution in [2.24, 2.45) is 0 Å². The first-order valence-electron chi connectivity index (χ1n) is 4.34. The molecule has 0 atom stereocenters. The Bertz CT molecular complexity index is 333. The average Bonchev–Trinajstić information content (AvgIpc) is 2.58. The fourth-order valence-electron chi connectivity index (χ4n) is 1.16. The molecule has 14 heavy (non-hydrogen) atoms. The normalized spacial score (nSPS) is 16.1. The van der Waals surface area contributed by atoms with Gasteiger partial charge in [0.05, 0.1) is 7.11 Å². The van der Waals surface area contributed by atoms with Crippen LogP contribution in [0.1, 0.15) is 9.67 Å². The molecule has 0 spiro atoms. The number of nitrogens with one attached hydrogen (secondary N) is 1. The van der Waals surface area contributed by atoms with Crippen molar-refractivity contribution >= 4 is 17.3 Å². The molecule has 1 saturated heterocycles. The van der Waals surface area contributed by atoms with Gasteiger partial charge in [-0.25, -0.2) is 4.79 Å². The molecule has 1 aromatic heterocycles. The highest BCUT2D eigenvalue weighted by Gasteiger charge is 2.22. The van der Waals surface area contributed by atoms with Crippen LogP contribution in [0.3, 0.4) is 0 Å². The first-order valence-corrected chi connectivity index (χ1v) is 5.22. The van der Waals surface area contributed by atoms with Crippen LogP contribution in [-0.4, -0.2) is 32.3 Å². The molecule has 76 valence electrons. The molecular weight excluding hydrogens is 202 g/mol. The van der Waals surface area contributed by atoms with Crippen LogP contribution < -0.4 is 10.1 Å². The van der Waals surface area contributed by atoms with E-state index in [4.69, 9.17) is 4.74 Å². The van der Waals surface area contributed by atoms with E-state index < -0.39 is 0 Å². The molecule has 0 saturated carbocycles. The van der Waals surface area contributed by atoms with Crippen LogP contribution >= 0.6 is 11.3 Å². The number of carbonyl (C=O) groups is 1. The Balaban J connectivity index is 2.08. The molecule has 2 rings (SSSR count). The van der Waals surface area contributed by atoms with E-state index in [0.717, 1.165) is 13.1 Å². The zero-order valence-electron chi connectivity index (χ0n) is 7.78. The summed E-state index contributed by atoms with van der Waals surface area (Å²) in [5, 5.41) is 4.93. The van der Waals surface area contributed by atoms with Crippen molar-refractivity contribution in [3.05, 3.63) is 16.3 Å². The molecule has 0 aromatic carbocycles. The van der Waals surface area contributed by atoms with Crippen molar-refractivity contribution in [1.29, 1.82) is 0 Å². The van der Waals surface area contributed by atoms with Crippen LogP contribution in [0.4, 0.5) is 0 Å². The van der Waals surface area contributed by atoms with E-state index in [0.29, 0.717) is 10.6 Å². The minimum atomic E-state index is -0.331. The Morgan fingerprint density at radius 3 is 3.00 bits per heavy atom. The van der Waals surface area contributed by atoms with Gasteiger partial charge in [-0.15, -0.1) is 11.3 Å². The van der Waals surface area contributed by atoms with Gasteiger partial charge in [-0.3, -0.25) is 0 Å². The van der Waals surface area contributed by atoms with Gasteiger partial charge < -0.3 is 14.8 Å². The Labute approximate surface area is 85.8 Å². The summed E-state index contributed by atoms with van der Waals surface area (Å²) >= 11 is 1.34. The second kappa shape index (κ2) is 3.98. The monoisotopic (exact) mass is 213 g/mol. The third-order valence-electron chi connectivity index (χ3n) is 2.04. The van der Waals surface area contributed by atoms with Crippen molar-refractivity contribution < 1.29 is 14.3 Å². The molecule has 5 heteroatoms. The smallest absolute Gasteiger partial charge is 0.351 e. The number of esters is 1. The zero-order valence-corrected chi connectivity index (χ0v) is 8.60. The van der Waals surface area contributed by atoms with Gasteiger partial charge >= 0.3 is 5.97 Å². The van der Waals surface area contributed by atoms with Crippen LogP contribution in [0, 0.1) is 0 Å². The standard InChI is InChI=1S/C9H11NO3S/c1-12-9(11)8-7(2-3-14-8)13-6-4-10-5-6/h2-3,6,10H,4-5H2,1H3. The lowest BCUT2D eigenvalue weighted by Gasteiger charge is -2.27. The third-order valence-corrected chi connectivity index (χ3v) is 2.91. The molecular formula is C9H11NO3S. The fourth-order valence-corrected chi connectivity index (χ4v) is 1.90. The van der Waals surface area contributed by atoms with Gasteiger partial charge in [0.1, 0.15) is 11.9 Å². The van der Waals surface area contributed by atoms with E-state index in [-0.39, 0.29) is 12.1 Å². The number of ether oxygens (including phenoxy) is 2. The average molecular weight is 213 g/mol. The predicted molar refractivity (Wildman–Crippen MR) is 52.9 cm³/mol. The van der Waals surface area contributed by atoms with Crippen LogP contribution in [0.25, 0.3) is 0 Å². The highest BCUT2D eigenvalue weighted by Crippen LogP contribution is 2.26. The summed E-state index contributed by atoms with van der Waals surface area (Å²) in [7, 11) is 1.37. The molecule has 1 aliphatic rings.